The number of ether oxygens (including phenoxy) is 1. The van der Waals surface area contributed by atoms with Crippen LogP contribution in [0.2, 0.25) is 0 Å². The van der Waals surface area contributed by atoms with Crippen molar-refractivity contribution in [3.8, 4) is 5.75 Å². The van der Waals surface area contributed by atoms with Gasteiger partial charge >= 0.3 is 0 Å². The van der Waals surface area contributed by atoms with E-state index in [1.54, 1.807) is 0 Å². The minimum absolute atomic E-state index is 0.769. The highest BCUT2D eigenvalue weighted by Crippen LogP contribution is 2.26. The average Bonchev–Trinajstić information content (AvgIpc) is 2.47. The summed E-state index contributed by atoms with van der Waals surface area (Å²) in [6.45, 7) is 4.19. The number of benzene rings is 1. The van der Waals surface area contributed by atoms with Gasteiger partial charge in [-0.25, -0.2) is 0 Å². The molecule has 0 aromatic heterocycles. The van der Waals surface area contributed by atoms with E-state index in [-0.39, 0.29) is 0 Å². The number of hydrogen-bond donors (Lipinski definition) is 0. The van der Waals surface area contributed by atoms with Crippen molar-refractivity contribution in [1.29, 1.82) is 0 Å². The highest BCUT2D eigenvalue weighted by Gasteiger charge is 2.14. The lowest BCUT2D eigenvalue weighted by Crippen LogP contribution is -2.18. The molecule has 0 aliphatic heterocycles. The van der Waals surface area contributed by atoms with Gasteiger partial charge in [0.05, 0.1) is 6.61 Å². The molecule has 1 aliphatic rings. The van der Waals surface area contributed by atoms with E-state index >= 15 is 0 Å². The molecule has 0 atom stereocenters. The Balaban J connectivity index is 1.87. The Labute approximate surface area is 117 Å². The summed E-state index contributed by atoms with van der Waals surface area (Å²) in [4.78, 5) is 2.29. The van der Waals surface area contributed by atoms with Gasteiger partial charge in [0.15, 0.2) is 0 Å². The average molecular weight is 261 g/mol. The second kappa shape index (κ2) is 7.42. The third kappa shape index (κ3) is 4.45. The Hall–Kier alpha value is -1.18. The smallest absolute Gasteiger partial charge is 0.121 e. The Kier molecular flexibility index (Phi) is 5.56. The molecule has 2 nitrogen and oxygen atoms in total. The van der Waals surface area contributed by atoms with Crippen molar-refractivity contribution in [3.05, 3.63) is 24.3 Å². The van der Waals surface area contributed by atoms with Crippen molar-refractivity contribution >= 4 is 5.69 Å². The van der Waals surface area contributed by atoms with Gasteiger partial charge in [-0.2, -0.15) is 0 Å². The molecule has 19 heavy (non-hydrogen) atoms. The molecule has 0 heterocycles. The third-order valence-electron chi connectivity index (χ3n) is 4.03. The zero-order chi connectivity index (χ0) is 13.5. The second-order valence-corrected chi connectivity index (χ2v) is 5.73. The molecule has 0 saturated heterocycles. The van der Waals surface area contributed by atoms with E-state index < -0.39 is 0 Å². The van der Waals surface area contributed by atoms with Crippen molar-refractivity contribution in [2.45, 2.75) is 45.4 Å². The van der Waals surface area contributed by atoms with Crippen molar-refractivity contribution in [2.24, 2.45) is 5.92 Å². The van der Waals surface area contributed by atoms with Gasteiger partial charge in [-0.1, -0.05) is 32.3 Å². The summed E-state index contributed by atoms with van der Waals surface area (Å²) in [6.07, 6.45) is 8.03. The van der Waals surface area contributed by atoms with Gasteiger partial charge in [-0.05, 0) is 37.3 Å². The number of nitrogens with zero attached hydrogens (tertiary/aromatic N) is 1. The van der Waals surface area contributed by atoms with Gasteiger partial charge in [-0.3, -0.25) is 0 Å². The standard InChI is InChI=1S/C17H27NO/c1-3-12-18(2)16-10-7-11-17(13-16)19-14-15-8-5-4-6-9-15/h7,10-11,13,15H,3-6,8-9,12,14H2,1-2H3. The normalized spacial score (nSPS) is 16.3. The zero-order valence-corrected chi connectivity index (χ0v) is 12.4. The molecule has 2 rings (SSSR count). The first-order chi connectivity index (χ1) is 9.29. The molecule has 0 N–H and O–H groups in total. The lowest BCUT2D eigenvalue weighted by molar-refractivity contribution is 0.209. The van der Waals surface area contributed by atoms with Crippen LogP contribution >= 0.6 is 0 Å². The predicted molar refractivity (Wildman–Crippen MR) is 82.1 cm³/mol. The molecule has 0 amide bonds. The number of rotatable bonds is 6. The molecule has 1 aliphatic carbocycles. The monoisotopic (exact) mass is 261 g/mol. The molecule has 0 unspecified atom stereocenters. The fourth-order valence-corrected chi connectivity index (χ4v) is 2.84. The van der Waals surface area contributed by atoms with Crippen LogP contribution in [0.4, 0.5) is 5.69 Å². The maximum Gasteiger partial charge on any atom is 0.121 e. The van der Waals surface area contributed by atoms with E-state index in [4.69, 9.17) is 4.74 Å². The van der Waals surface area contributed by atoms with Crippen LogP contribution in [0.3, 0.4) is 0 Å². The molecule has 0 bridgehead atoms. The van der Waals surface area contributed by atoms with Crippen LogP contribution < -0.4 is 9.64 Å². The molecular formula is C17H27NO. The Morgan fingerprint density at radius 3 is 2.74 bits per heavy atom. The minimum Gasteiger partial charge on any atom is -0.493 e. The summed E-state index contributed by atoms with van der Waals surface area (Å²) < 4.78 is 5.99. The molecule has 1 aromatic carbocycles. The fourth-order valence-electron chi connectivity index (χ4n) is 2.84. The Bertz CT molecular complexity index is 371. The van der Waals surface area contributed by atoms with Crippen molar-refractivity contribution < 1.29 is 4.74 Å². The van der Waals surface area contributed by atoms with Gasteiger partial charge in [0.1, 0.15) is 5.75 Å². The van der Waals surface area contributed by atoms with Crippen molar-refractivity contribution in [1.82, 2.24) is 0 Å². The highest BCUT2D eigenvalue weighted by atomic mass is 16.5. The minimum atomic E-state index is 0.769. The summed E-state index contributed by atoms with van der Waals surface area (Å²) >= 11 is 0. The highest BCUT2D eigenvalue weighted by molar-refractivity contribution is 5.50. The van der Waals surface area contributed by atoms with E-state index in [1.807, 2.05) is 0 Å². The lowest BCUT2D eigenvalue weighted by atomic mass is 9.90. The maximum atomic E-state index is 5.99. The molecule has 1 saturated carbocycles. The van der Waals surface area contributed by atoms with Gasteiger partial charge in [-0.15, -0.1) is 0 Å². The Morgan fingerprint density at radius 1 is 1.21 bits per heavy atom. The lowest BCUT2D eigenvalue weighted by Gasteiger charge is -2.23. The molecule has 1 aromatic rings. The van der Waals surface area contributed by atoms with Crippen LogP contribution in [0.25, 0.3) is 0 Å². The van der Waals surface area contributed by atoms with Crippen LogP contribution in [-0.4, -0.2) is 20.2 Å². The topological polar surface area (TPSA) is 12.5 Å². The van der Waals surface area contributed by atoms with E-state index in [2.05, 4.69) is 43.1 Å². The van der Waals surface area contributed by atoms with Gasteiger partial charge in [0.2, 0.25) is 0 Å². The van der Waals surface area contributed by atoms with E-state index in [1.165, 1.54) is 44.2 Å². The quantitative estimate of drug-likeness (QED) is 0.748. The maximum absolute atomic E-state index is 5.99. The molecule has 106 valence electrons. The van der Waals surface area contributed by atoms with Crippen LogP contribution in [-0.2, 0) is 0 Å². The molecule has 2 heteroatoms. The summed E-state index contributed by atoms with van der Waals surface area (Å²) in [5, 5.41) is 0. The third-order valence-corrected chi connectivity index (χ3v) is 4.03. The largest absolute Gasteiger partial charge is 0.493 e. The van der Waals surface area contributed by atoms with E-state index in [9.17, 15) is 0 Å². The van der Waals surface area contributed by atoms with Gasteiger partial charge < -0.3 is 9.64 Å². The van der Waals surface area contributed by atoms with Gasteiger partial charge in [0.25, 0.3) is 0 Å². The molecule has 0 radical (unpaired) electrons. The summed E-state index contributed by atoms with van der Waals surface area (Å²) in [5.41, 5.74) is 1.25. The predicted octanol–water partition coefficient (Wildman–Crippen LogP) is 4.49. The zero-order valence-electron chi connectivity index (χ0n) is 12.4. The van der Waals surface area contributed by atoms with E-state index in [0.29, 0.717) is 0 Å². The number of anilines is 1. The summed E-state index contributed by atoms with van der Waals surface area (Å²) in [5.74, 6) is 1.79. The molecular weight excluding hydrogens is 234 g/mol. The van der Waals surface area contributed by atoms with Crippen molar-refractivity contribution in [2.75, 3.05) is 25.1 Å². The van der Waals surface area contributed by atoms with Crippen molar-refractivity contribution in [3.63, 3.8) is 0 Å². The molecule has 0 spiro atoms. The van der Waals surface area contributed by atoms with Crippen LogP contribution in [0.15, 0.2) is 24.3 Å². The van der Waals surface area contributed by atoms with Crippen LogP contribution in [0, 0.1) is 5.92 Å². The second-order valence-electron chi connectivity index (χ2n) is 5.73. The Morgan fingerprint density at radius 2 is 2.00 bits per heavy atom. The van der Waals surface area contributed by atoms with Crippen LogP contribution in [0.5, 0.6) is 5.75 Å². The fraction of sp³-hybridized carbons (Fsp3) is 0.647. The summed E-state index contributed by atoms with van der Waals surface area (Å²) in [6, 6.07) is 8.49. The molecule has 1 fully saturated rings. The van der Waals surface area contributed by atoms with Gasteiger partial charge in [0, 0.05) is 25.3 Å². The first-order valence-corrected chi connectivity index (χ1v) is 7.73. The first-order valence-electron chi connectivity index (χ1n) is 7.73. The van der Waals surface area contributed by atoms with E-state index in [0.717, 1.165) is 24.8 Å². The van der Waals surface area contributed by atoms with Crippen LogP contribution in [0.1, 0.15) is 45.4 Å². The first kappa shape index (κ1) is 14.2. The SMILES string of the molecule is CCCN(C)c1cccc(OCC2CCCCC2)c1. The summed E-state index contributed by atoms with van der Waals surface area (Å²) in [7, 11) is 2.14. The number of hydrogen-bond acceptors (Lipinski definition) is 2.